The summed E-state index contributed by atoms with van der Waals surface area (Å²) in [5.41, 5.74) is 0.949. The first-order chi connectivity index (χ1) is 19.9. The van der Waals surface area contributed by atoms with E-state index in [-0.39, 0.29) is 33.7 Å². The number of hydrogen-bond donors (Lipinski definition) is 1. The molecule has 214 valence electrons. The number of ether oxygens (including phenoxy) is 1. The molecule has 9 heteroatoms. The van der Waals surface area contributed by atoms with Gasteiger partial charge in [0.1, 0.15) is 11.4 Å². The second-order valence-corrected chi connectivity index (χ2v) is 9.88. The lowest BCUT2D eigenvalue weighted by molar-refractivity contribution is -0.137. The van der Waals surface area contributed by atoms with Gasteiger partial charge in [0.05, 0.1) is 23.2 Å². The van der Waals surface area contributed by atoms with Crippen molar-refractivity contribution in [3.63, 3.8) is 0 Å². The second-order valence-electron chi connectivity index (χ2n) is 9.88. The Labute approximate surface area is 238 Å². The van der Waals surface area contributed by atoms with Crippen molar-refractivity contribution >= 4 is 16.8 Å². The molecule has 1 amide bonds. The molecule has 1 aromatic heterocycles. The number of carbonyl (C=O) groups is 1. The summed E-state index contributed by atoms with van der Waals surface area (Å²) in [4.78, 5) is 18.4. The molecule has 0 saturated carbocycles. The zero-order valence-electron chi connectivity index (χ0n) is 22.6. The van der Waals surface area contributed by atoms with Gasteiger partial charge in [0.15, 0.2) is 5.75 Å². The lowest BCUT2D eigenvalue weighted by Crippen LogP contribution is -2.35. The van der Waals surface area contributed by atoms with Crippen molar-refractivity contribution < 1.29 is 31.5 Å². The minimum atomic E-state index is -4.64. The minimum absolute atomic E-state index is 0.131. The Morgan fingerprint density at radius 3 is 2.26 bits per heavy atom. The van der Waals surface area contributed by atoms with E-state index >= 15 is 8.78 Å². The van der Waals surface area contributed by atoms with Crippen LogP contribution in [0.15, 0.2) is 97.1 Å². The number of amides is 1. The molecule has 0 fully saturated rings. The molecule has 0 bridgehead atoms. The van der Waals surface area contributed by atoms with Crippen LogP contribution in [-0.2, 0) is 12.1 Å². The number of hydrogen-bond acceptors (Lipinski definition) is 3. The summed E-state index contributed by atoms with van der Waals surface area (Å²) in [6.07, 6.45) is -4.64. The van der Waals surface area contributed by atoms with Crippen molar-refractivity contribution in [3.8, 4) is 22.8 Å². The summed E-state index contributed by atoms with van der Waals surface area (Å²) < 4.78 is 77.0. The summed E-state index contributed by atoms with van der Waals surface area (Å²) in [5.74, 6) is -4.65. The van der Waals surface area contributed by atoms with Crippen LogP contribution in [0, 0.1) is 13.8 Å². The van der Waals surface area contributed by atoms with Crippen LogP contribution in [0.25, 0.3) is 22.2 Å². The summed E-state index contributed by atoms with van der Waals surface area (Å²) in [6, 6.07) is 23.9. The smallest absolute Gasteiger partial charge is 0.416 e. The van der Waals surface area contributed by atoms with Crippen molar-refractivity contribution in [2.45, 2.75) is 25.9 Å². The highest BCUT2D eigenvalue weighted by Gasteiger charge is 2.35. The predicted molar refractivity (Wildman–Crippen MR) is 151 cm³/mol. The SMILES string of the molecule is Cc1ccc(C(F)(F)CNC(=O)c2c(Oc3cccc(C(F)(F)F)c3)c(-c3ccccc3)nc3ccccc23)c(C)c1. The molecule has 0 atom stereocenters. The van der Waals surface area contributed by atoms with E-state index in [2.05, 4.69) is 10.3 Å². The molecule has 42 heavy (non-hydrogen) atoms. The molecule has 1 N–H and O–H groups in total. The van der Waals surface area contributed by atoms with Gasteiger partial charge in [-0.1, -0.05) is 78.4 Å². The lowest BCUT2D eigenvalue weighted by atomic mass is 9.99. The quantitative estimate of drug-likeness (QED) is 0.197. The fraction of sp³-hybridized carbons (Fsp3) is 0.152. The van der Waals surface area contributed by atoms with E-state index in [0.29, 0.717) is 16.6 Å². The second kappa shape index (κ2) is 11.2. The third kappa shape index (κ3) is 5.95. The standard InChI is InChI=1S/C33H25F5N2O2/c1-20-15-16-26(21(2)17-20)32(34,35)19-39-31(41)28-25-13-6-7-14-27(25)40-29(22-9-4-3-5-10-22)30(28)42-24-12-8-11-23(18-24)33(36,37)38/h3-18H,19H2,1-2H3,(H,39,41). The zero-order chi connectivity index (χ0) is 30.1. The van der Waals surface area contributed by atoms with E-state index in [0.717, 1.165) is 17.7 Å². The van der Waals surface area contributed by atoms with Gasteiger partial charge in [-0.25, -0.2) is 4.98 Å². The maximum Gasteiger partial charge on any atom is 0.416 e. The molecular weight excluding hydrogens is 551 g/mol. The maximum absolute atomic E-state index is 15.3. The zero-order valence-corrected chi connectivity index (χ0v) is 22.6. The minimum Gasteiger partial charge on any atom is -0.454 e. The predicted octanol–water partition coefficient (Wildman–Crippen LogP) is 8.85. The Morgan fingerprint density at radius 2 is 1.55 bits per heavy atom. The monoisotopic (exact) mass is 576 g/mol. The maximum atomic E-state index is 15.3. The highest BCUT2D eigenvalue weighted by molar-refractivity contribution is 6.10. The molecule has 4 nitrogen and oxygen atoms in total. The number of nitrogens with one attached hydrogen (secondary N) is 1. The van der Waals surface area contributed by atoms with E-state index in [4.69, 9.17) is 4.74 Å². The number of alkyl halides is 5. The average Bonchev–Trinajstić information content (AvgIpc) is 2.95. The molecule has 0 aliphatic heterocycles. The van der Waals surface area contributed by atoms with Gasteiger partial charge in [0, 0.05) is 16.5 Å². The third-order valence-corrected chi connectivity index (χ3v) is 6.75. The van der Waals surface area contributed by atoms with Crippen LogP contribution < -0.4 is 10.1 Å². The Hall–Kier alpha value is -4.79. The number of pyridine rings is 1. The van der Waals surface area contributed by atoms with Crippen LogP contribution >= 0.6 is 0 Å². The van der Waals surface area contributed by atoms with Gasteiger partial charge >= 0.3 is 6.18 Å². The molecule has 1 heterocycles. The Kier molecular flexibility index (Phi) is 7.69. The molecule has 0 unspecified atom stereocenters. The number of aromatic nitrogens is 1. The molecule has 4 aromatic carbocycles. The number of benzene rings is 4. The fourth-order valence-electron chi connectivity index (χ4n) is 4.76. The first-order valence-corrected chi connectivity index (χ1v) is 13.0. The van der Waals surface area contributed by atoms with Gasteiger partial charge in [-0.05, 0) is 43.7 Å². The summed E-state index contributed by atoms with van der Waals surface area (Å²) in [6.45, 7) is 2.35. The van der Waals surface area contributed by atoms with Crippen molar-refractivity contribution in [1.29, 1.82) is 0 Å². The van der Waals surface area contributed by atoms with Crippen LogP contribution in [-0.4, -0.2) is 17.4 Å². The largest absolute Gasteiger partial charge is 0.454 e. The van der Waals surface area contributed by atoms with Crippen LogP contribution in [0.4, 0.5) is 22.0 Å². The number of aryl methyl sites for hydroxylation is 2. The van der Waals surface area contributed by atoms with Gasteiger partial charge in [-0.2, -0.15) is 22.0 Å². The fourth-order valence-corrected chi connectivity index (χ4v) is 4.76. The average molecular weight is 577 g/mol. The van der Waals surface area contributed by atoms with Gasteiger partial charge in [-0.15, -0.1) is 0 Å². The Bertz CT molecular complexity index is 1770. The molecule has 0 radical (unpaired) electrons. The number of rotatable bonds is 7. The van der Waals surface area contributed by atoms with Gasteiger partial charge in [0.25, 0.3) is 11.8 Å². The number of halogens is 5. The van der Waals surface area contributed by atoms with Crippen LogP contribution in [0.5, 0.6) is 11.5 Å². The molecule has 5 rings (SSSR count). The molecule has 0 aliphatic carbocycles. The Balaban J connectivity index is 1.63. The number of nitrogens with zero attached hydrogens (tertiary/aromatic N) is 1. The topological polar surface area (TPSA) is 51.2 Å². The number of fused-ring (bicyclic) bond motifs is 1. The van der Waals surface area contributed by atoms with E-state index in [1.165, 1.54) is 18.2 Å². The van der Waals surface area contributed by atoms with Crippen molar-refractivity contribution in [3.05, 3.63) is 125 Å². The first kappa shape index (κ1) is 28.7. The highest BCUT2D eigenvalue weighted by Crippen LogP contribution is 2.41. The van der Waals surface area contributed by atoms with Crippen molar-refractivity contribution in [1.82, 2.24) is 10.3 Å². The Morgan fingerprint density at radius 1 is 0.833 bits per heavy atom. The number of carbonyl (C=O) groups excluding carboxylic acids is 1. The summed E-state index contributed by atoms with van der Waals surface area (Å²) in [5, 5.41) is 2.62. The van der Waals surface area contributed by atoms with E-state index in [1.54, 1.807) is 80.6 Å². The van der Waals surface area contributed by atoms with Gasteiger partial charge in [-0.3, -0.25) is 4.79 Å². The number of para-hydroxylation sites is 1. The lowest BCUT2D eigenvalue weighted by Gasteiger charge is -2.22. The molecule has 0 spiro atoms. The molecule has 0 aliphatic rings. The summed E-state index contributed by atoms with van der Waals surface area (Å²) >= 11 is 0. The van der Waals surface area contributed by atoms with Crippen LogP contribution in [0.2, 0.25) is 0 Å². The van der Waals surface area contributed by atoms with Crippen molar-refractivity contribution in [2.24, 2.45) is 0 Å². The van der Waals surface area contributed by atoms with Gasteiger partial charge in [0.2, 0.25) is 0 Å². The van der Waals surface area contributed by atoms with Crippen LogP contribution in [0.1, 0.15) is 32.6 Å². The molecule has 0 saturated heterocycles. The molecular formula is C33H25F5N2O2. The van der Waals surface area contributed by atoms with E-state index < -0.39 is 30.1 Å². The molecule has 5 aromatic rings. The van der Waals surface area contributed by atoms with E-state index in [1.807, 2.05) is 0 Å². The van der Waals surface area contributed by atoms with E-state index in [9.17, 15) is 18.0 Å². The first-order valence-electron chi connectivity index (χ1n) is 13.0. The highest BCUT2D eigenvalue weighted by atomic mass is 19.4. The summed E-state index contributed by atoms with van der Waals surface area (Å²) in [7, 11) is 0. The third-order valence-electron chi connectivity index (χ3n) is 6.75. The normalized spacial score (nSPS) is 11.9. The van der Waals surface area contributed by atoms with Crippen LogP contribution in [0.3, 0.4) is 0 Å². The van der Waals surface area contributed by atoms with Gasteiger partial charge < -0.3 is 10.1 Å². The van der Waals surface area contributed by atoms with Crippen molar-refractivity contribution in [2.75, 3.05) is 6.54 Å².